The molecule has 0 saturated heterocycles. The van der Waals surface area contributed by atoms with Crippen molar-refractivity contribution in [2.24, 2.45) is 0 Å². The summed E-state index contributed by atoms with van der Waals surface area (Å²) in [5.41, 5.74) is -1.35. The van der Waals surface area contributed by atoms with Gasteiger partial charge in [-0.05, 0) is 49.4 Å². The van der Waals surface area contributed by atoms with Gasteiger partial charge in [-0.1, -0.05) is 0 Å². The summed E-state index contributed by atoms with van der Waals surface area (Å²) < 4.78 is 62.1. The van der Waals surface area contributed by atoms with Crippen LogP contribution in [0.15, 0.2) is 42.5 Å². The summed E-state index contributed by atoms with van der Waals surface area (Å²) in [7, 11) is 0. The van der Waals surface area contributed by atoms with Gasteiger partial charge in [0.05, 0.1) is 23.2 Å². The van der Waals surface area contributed by atoms with E-state index in [-0.39, 0.29) is 35.0 Å². The molecule has 0 atom stereocenters. The Morgan fingerprint density at radius 3 is 2.37 bits per heavy atom. The highest BCUT2D eigenvalue weighted by Crippen LogP contribution is 2.32. The number of alkyl halides is 3. The van der Waals surface area contributed by atoms with Gasteiger partial charge in [-0.25, -0.2) is 19.2 Å². The monoisotopic (exact) mass is 380 g/mol. The van der Waals surface area contributed by atoms with Crippen molar-refractivity contribution in [1.82, 2.24) is 9.97 Å². The summed E-state index contributed by atoms with van der Waals surface area (Å²) in [6.45, 7) is 1.59. The van der Waals surface area contributed by atoms with E-state index in [1.807, 2.05) is 0 Å². The molecule has 0 spiro atoms. The number of hydrogen-bond donors (Lipinski definition) is 0. The largest absolute Gasteiger partial charge is 0.461 e. The first-order valence-corrected chi connectivity index (χ1v) is 7.77. The van der Waals surface area contributed by atoms with Crippen LogP contribution in [0.1, 0.15) is 23.0 Å². The van der Waals surface area contributed by atoms with Crippen molar-refractivity contribution >= 4 is 17.0 Å². The van der Waals surface area contributed by atoms with E-state index in [1.165, 1.54) is 12.1 Å². The average molecular weight is 380 g/mol. The van der Waals surface area contributed by atoms with Crippen LogP contribution in [-0.4, -0.2) is 22.5 Å². The number of fused-ring (bicyclic) bond motifs is 1. The van der Waals surface area contributed by atoms with Gasteiger partial charge >= 0.3 is 12.1 Å². The Balaban J connectivity index is 2.10. The molecule has 140 valence electrons. The maximum Gasteiger partial charge on any atom is 0.416 e. The van der Waals surface area contributed by atoms with Crippen LogP contribution >= 0.6 is 0 Å². The van der Waals surface area contributed by atoms with E-state index in [1.54, 1.807) is 6.92 Å². The number of carbonyl (C=O) groups is 1. The standard InChI is InChI=1S/C18H12F4N2O3/c1-2-26-17(25)15-16(27-12-6-4-11(19)5-7-12)24-13-8-3-10(18(20,21)22)9-14(13)23-15/h3-9H,2H2,1H3. The summed E-state index contributed by atoms with van der Waals surface area (Å²) in [6, 6.07) is 7.66. The van der Waals surface area contributed by atoms with Crippen molar-refractivity contribution in [2.75, 3.05) is 6.61 Å². The predicted octanol–water partition coefficient (Wildman–Crippen LogP) is 4.76. The van der Waals surface area contributed by atoms with Gasteiger partial charge in [-0.15, -0.1) is 0 Å². The number of hydrogen-bond acceptors (Lipinski definition) is 5. The van der Waals surface area contributed by atoms with Gasteiger partial charge in [0.2, 0.25) is 5.69 Å². The fraction of sp³-hybridized carbons (Fsp3) is 0.167. The van der Waals surface area contributed by atoms with Crippen LogP contribution in [0.4, 0.5) is 17.6 Å². The zero-order valence-corrected chi connectivity index (χ0v) is 13.9. The lowest BCUT2D eigenvalue weighted by atomic mass is 10.2. The summed E-state index contributed by atoms with van der Waals surface area (Å²) in [6.07, 6.45) is -4.57. The van der Waals surface area contributed by atoms with Gasteiger partial charge in [0.15, 0.2) is 0 Å². The molecule has 0 N–H and O–H groups in total. The highest BCUT2D eigenvalue weighted by atomic mass is 19.4. The topological polar surface area (TPSA) is 61.3 Å². The summed E-state index contributed by atoms with van der Waals surface area (Å²) in [4.78, 5) is 20.2. The third-order valence-corrected chi connectivity index (χ3v) is 3.46. The second-order valence-corrected chi connectivity index (χ2v) is 5.36. The van der Waals surface area contributed by atoms with Crippen LogP contribution in [0.3, 0.4) is 0 Å². The number of aromatic nitrogens is 2. The maximum atomic E-state index is 13.0. The van der Waals surface area contributed by atoms with Gasteiger partial charge in [0, 0.05) is 0 Å². The molecule has 9 heteroatoms. The first kappa shape index (κ1) is 18.6. The second-order valence-electron chi connectivity index (χ2n) is 5.36. The van der Waals surface area contributed by atoms with Crippen molar-refractivity contribution in [2.45, 2.75) is 13.1 Å². The predicted molar refractivity (Wildman–Crippen MR) is 87.0 cm³/mol. The van der Waals surface area contributed by atoms with E-state index >= 15 is 0 Å². The number of ether oxygens (including phenoxy) is 2. The van der Waals surface area contributed by atoms with Gasteiger partial charge < -0.3 is 9.47 Å². The Hall–Kier alpha value is -3.23. The zero-order valence-electron chi connectivity index (χ0n) is 13.9. The Morgan fingerprint density at radius 2 is 1.74 bits per heavy atom. The Kier molecular flexibility index (Phi) is 4.93. The minimum absolute atomic E-state index is 0.0249. The molecule has 0 radical (unpaired) electrons. The maximum absolute atomic E-state index is 13.0. The number of esters is 1. The summed E-state index contributed by atoms with van der Waals surface area (Å²) >= 11 is 0. The van der Waals surface area contributed by atoms with Crippen molar-refractivity contribution in [3.05, 3.63) is 59.5 Å². The summed E-state index contributed by atoms with van der Waals surface area (Å²) in [5.74, 6) is -1.48. The fourth-order valence-electron chi connectivity index (χ4n) is 2.23. The molecule has 0 aliphatic carbocycles. The molecule has 3 rings (SSSR count). The van der Waals surface area contributed by atoms with E-state index < -0.39 is 23.5 Å². The third-order valence-electron chi connectivity index (χ3n) is 3.46. The number of nitrogens with zero attached hydrogens (tertiary/aromatic N) is 2. The smallest absolute Gasteiger partial charge is 0.416 e. The molecule has 0 saturated carbocycles. The molecule has 2 aromatic carbocycles. The number of benzene rings is 2. The molecule has 0 aliphatic heterocycles. The fourth-order valence-corrected chi connectivity index (χ4v) is 2.23. The van der Waals surface area contributed by atoms with Crippen LogP contribution < -0.4 is 4.74 Å². The van der Waals surface area contributed by atoms with Crippen molar-refractivity contribution in [1.29, 1.82) is 0 Å². The Morgan fingerprint density at radius 1 is 1.04 bits per heavy atom. The molecular weight excluding hydrogens is 368 g/mol. The lowest BCUT2D eigenvalue weighted by Gasteiger charge is -2.12. The van der Waals surface area contributed by atoms with Crippen molar-refractivity contribution in [3.63, 3.8) is 0 Å². The normalized spacial score (nSPS) is 11.4. The first-order valence-electron chi connectivity index (χ1n) is 7.77. The third kappa shape index (κ3) is 4.13. The minimum Gasteiger partial charge on any atom is -0.461 e. The zero-order chi connectivity index (χ0) is 19.6. The number of halogens is 4. The molecule has 0 bridgehead atoms. The molecule has 1 aromatic heterocycles. The SMILES string of the molecule is CCOC(=O)c1nc2cc(C(F)(F)F)ccc2nc1Oc1ccc(F)cc1. The number of rotatable bonds is 4. The van der Waals surface area contributed by atoms with Gasteiger partial charge in [0.25, 0.3) is 5.88 Å². The van der Waals surface area contributed by atoms with Crippen LogP contribution in [0.2, 0.25) is 0 Å². The summed E-state index contributed by atoms with van der Waals surface area (Å²) in [5, 5.41) is 0. The molecule has 0 amide bonds. The highest BCUT2D eigenvalue weighted by Gasteiger charge is 2.31. The van der Waals surface area contributed by atoms with E-state index in [9.17, 15) is 22.4 Å². The Bertz CT molecular complexity index is 988. The highest BCUT2D eigenvalue weighted by molar-refractivity contribution is 5.92. The molecule has 0 unspecified atom stereocenters. The van der Waals surface area contributed by atoms with Gasteiger partial charge in [0.1, 0.15) is 11.6 Å². The van der Waals surface area contributed by atoms with Crippen LogP contribution in [0.5, 0.6) is 11.6 Å². The Labute approximate surface area is 150 Å². The average Bonchev–Trinajstić information content (AvgIpc) is 2.62. The van der Waals surface area contributed by atoms with E-state index in [2.05, 4.69) is 9.97 Å². The van der Waals surface area contributed by atoms with Gasteiger partial charge in [-0.3, -0.25) is 0 Å². The van der Waals surface area contributed by atoms with E-state index in [4.69, 9.17) is 9.47 Å². The van der Waals surface area contributed by atoms with E-state index in [0.29, 0.717) is 0 Å². The lowest BCUT2D eigenvalue weighted by Crippen LogP contribution is -2.11. The quantitative estimate of drug-likeness (QED) is 0.483. The lowest BCUT2D eigenvalue weighted by molar-refractivity contribution is -0.137. The van der Waals surface area contributed by atoms with Crippen LogP contribution in [0, 0.1) is 5.82 Å². The molecule has 0 fully saturated rings. The van der Waals surface area contributed by atoms with Gasteiger partial charge in [-0.2, -0.15) is 13.2 Å². The number of carbonyl (C=O) groups excluding carboxylic acids is 1. The van der Waals surface area contributed by atoms with Crippen LogP contribution in [-0.2, 0) is 10.9 Å². The molecule has 27 heavy (non-hydrogen) atoms. The first-order chi connectivity index (χ1) is 12.8. The second kappa shape index (κ2) is 7.18. The molecule has 3 aromatic rings. The van der Waals surface area contributed by atoms with Crippen LogP contribution in [0.25, 0.3) is 11.0 Å². The minimum atomic E-state index is -4.57. The molecule has 1 heterocycles. The van der Waals surface area contributed by atoms with E-state index in [0.717, 1.165) is 30.3 Å². The molecule has 0 aliphatic rings. The van der Waals surface area contributed by atoms with Crippen molar-refractivity contribution in [3.8, 4) is 11.6 Å². The molecular formula is C18H12F4N2O3. The van der Waals surface area contributed by atoms with Crippen molar-refractivity contribution < 1.29 is 31.8 Å². The molecule has 5 nitrogen and oxygen atoms in total.